The highest BCUT2D eigenvalue weighted by Gasteiger charge is 2.18. The normalized spacial score (nSPS) is 11.3. The van der Waals surface area contributed by atoms with Crippen molar-refractivity contribution >= 4 is 21.7 Å². The molecule has 1 amide bonds. The summed E-state index contributed by atoms with van der Waals surface area (Å²) in [6.45, 7) is 6.65. The molecule has 8 heteroatoms. The molecule has 0 aliphatic carbocycles. The molecule has 2 rings (SSSR count). The lowest BCUT2D eigenvalue weighted by Crippen LogP contribution is -2.30. The fourth-order valence-corrected chi connectivity index (χ4v) is 3.06. The summed E-state index contributed by atoms with van der Waals surface area (Å²) in [6.07, 6.45) is 0. The van der Waals surface area contributed by atoms with Crippen LogP contribution in [0, 0.1) is 6.92 Å². The number of aryl methyl sites for hydroxylation is 1. The number of benzene rings is 1. The highest BCUT2D eigenvalue weighted by molar-refractivity contribution is 7.92. The molecule has 1 N–H and O–H groups in total. The van der Waals surface area contributed by atoms with Gasteiger partial charge in [-0.05, 0) is 45.0 Å². The number of aromatic nitrogens is 1. The highest BCUT2D eigenvalue weighted by atomic mass is 32.2. The Morgan fingerprint density at radius 3 is 2.30 bits per heavy atom. The van der Waals surface area contributed by atoms with Crippen LogP contribution >= 0.6 is 0 Å². The zero-order chi connectivity index (χ0) is 17.0. The number of hydrogen-bond donors (Lipinski definition) is 1. The Kier molecular flexibility index (Phi) is 5.05. The van der Waals surface area contributed by atoms with Crippen LogP contribution in [0.1, 0.15) is 30.0 Å². The van der Waals surface area contributed by atoms with Crippen molar-refractivity contribution in [3.8, 4) is 0 Å². The molecular weight excluding hydrogens is 318 g/mol. The fourth-order valence-electron chi connectivity index (χ4n) is 2.08. The summed E-state index contributed by atoms with van der Waals surface area (Å²) in [4.78, 5) is 13.9. The van der Waals surface area contributed by atoms with Crippen molar-refractivity contribution in [3.05, 3.63) is 41.7 Å². The summed E-state index contributed by atoms with van der Waals surface area (Å²) in [5.41, 5.74) is 0.449. The molecule has 124 valence electrons. The number of rotatable bonds is 6. The second-order valence-electron chi connectivity index (χ2n) is 4.93. The number of carbonyl (C=O) groups excluding carboxylic acids is 1. The van der Waals surface area contributed by atoms with Gasteiger partial charge in [0.1, 0.15) is 5.76 Å². The minimum absolute atomic E-state index is 0.0502. The third kappa shape index (κ3) is 3.89. The quantitative estimate of drug-likeness (QED) is 0.873. The number of amides is 1. The minimum atomic E-state index is -3.77. The zero-order valence-electron chi connectivity index (χ0n) is 13.2. The Labute approximate surface area is 135 Å². The molecule has 0 atom stereocenters. The van der Waals surface area contributed by atoms with Crippen LogP contribution in [-0.4, -0.2) is 37.5 Å². The molecule has 0 unspecified atom stereocenters. The minimum Gasteiger partial charge on any atom is -0.360 e. The largest absolute Gasteiger partial charge is 0.360 e. The smallest absolute Gasteiger partial charge is 0.263 e. The van der Waals surface area contributed by atoms with Crippen molar-refractivity contribution in [1.82, 2.24) is 10.1 Å². The van der Waals surface area contributed by atoms with Crippen LogP contribution in [0.3, 0.4) is 0 Å². The second kappa shape index (κ2) is 6.82. The first-order valence-electron chi connectivity index (χ1n) is 7.23. The molecule has 0 fully saturated rings. The molecular formula is C15H19N3O4S. The van der Waals surface area contributed by atoms with Gasteiger partial charge in [0, 0.05) is 24.7 Å². The zero-order valence-corrected chi connectivity index (χ0v) is 14.1. The maximum atomic E-state index is 12.3. The molecule has 0 bridgehead atoms. The number of hydrogen-bond acceptors (Lipinski definition) is 5. The number of sulfonamides is 1. The molecule has 0 saturated carbocycles. The molecule has 0 spiro atoms. The van der Waals surface area contributed by atoms with Gasteiger partial charge in [0.25, 0.3) is 15.9 Å². The predicted molar refractivity (Wildman–Crippen MR) is 85.7 cm³/mol. The third-order valence-electron chi connectivity index (χ3n) is 3.33. The number of nitrogens with zero attached hydrogens (tertiary/aromatic N) is 2. The summed E-state index contributed by atoms with van der Waals surface area (Å²) >= 11 is 0. The first kappa shape index (κ1) is 17.0. The highest BCUT2D eigenvalue weighted by Crippen LogP contribution is 2.17. The maximum absolute atomic E-state index is 12.3. The van der Waals surface area contributed by atoms with Crippen LogP contribution < -0.4 is 4.72 Å². The summed E-state index contributed by atoms with van der Waals surface area (Å²) in [5.74, 6) is 0.493. The van der Waals surface area contributed by atoms with E-state index in [0.717, 1.165) is 0 Å². The van der Waals surface area contributed by atoms with E-state index in [9.17, 15) is 13.2 Å². The van der Waals surface area contributed by atoms with Crippen LogP contribution in [0.5, 0.6) is 0 Å². The van der Waals surface area contributed by atoms with Gasteiger partial charge in [0.05, 0.1) is 4.90 Å². The number of carbonyl (C=O) groups is 1. The van der Waals surface area contributed by atoms with Crippen LogP contribution in [0.2, 0.25) is 0 Å². The molecule has 0 radical (unpaired) electrons. The molecule has 2 aromatic rings. The first-order chi connectivity index (χ1) is 10.9. The molecule has 23 heavy (non-hydrogen) atoms. The SMILES string of the molecule is CCN(CC)C(=O)c1ccc(S(=O)(=O)Nc2cc(C)on2)cc1. The first-order valence-corrected chi connectivity index (χ1v) is 8.71. The van der Waals surface area contributed by atoms with Crippen LogP contribution in [-0.2, 0) is 10.0 Å². The van der Waals surface area contributed by atoms with E-state index in [1.807, 2.05) is 13.8 Å². The Hall–Kier alpha value is -2.35. The van der Waals surface area contributed by atoms with E-state index in [1.54, 1.807) is 11.8 Å². The van der Waals surface area contributed by atoms with Crippen molar-refractivity contribution in [2.24, 2.45) is 0 Å². The van der Waals surface area contributed by atoms with E-state index < -0.39 is 10.0 Å². The van der Waals surface area contributed by atoms with Gasteiger partial charge in [-0.2, -0.15) is 0 Å². The van der Waals surface area contributed by atoms with Crippen molar-refractivity contribution in [2.45, 2.75) is 25.7 Å². The van der Waals surface area contributed by atoms with Gasteiger partial charge in [-0.25, -0.2) is 8.42 Å². The van der Waals surface area contributed by atoms with Gasteiger partial charge in [0.2, 0.25) is 0 Å². The molecule has 0 aliphatic heterocycles. The summed E-state index contributed by atoms with van der Waals surface area (Å²) < 4.78 is 31.6. The van der Waals surface area contributed by atoms with E-state index in [0.29, 0.717) is 24.4 Å². The molecule has 0 saturated heterocycles. The van der Waals surface area contributed by atoms with Crippen molar-refractivity contribution in [2.75, 3.05) is 17.8 Å². The molecule has 1 heterocycles. The standard InChI is InChI=1S/C15H19N3O4S/c1-4-18(5-2)15(19)12-6-8-13(9-7-12)23(20,21)17-14-10-11(3)22-16-14/h6-10H,4-5H2,1-3H3,(H,16,17). The van der Waals surface area contributed by atoms with E-state index in [4.69, 9.17) is 4.52 Å². The van der Waals surface area contributed by atoms with Crippen molar-refractivity contribution in [3.63, 3.8) is 0 Å². The second-order valence-corrected chi connectivity index (χ2v) is 6.61. The van der Waals surface area contributed by atoms with Gasteiger partial charge in [0.15, 0.2) is 5.82 Å². The third-order valence-corrected chi connectivity index (χ3v) is 4.70. The lowest BCUT2D eigenvalue weighted by molar-refractivity contribution is 0.0773. The van der Waals surface area contributed by atoms with Gasteiger partial charge < -0.3 is 9.42 Å². The Bertz CT molecular complexity index is 777. The lowest BCUT2D eigenvalue weighted by atomic mass is 10.2. The molecule has 7 nitrogen and oxygen atoms in total. The fraction of sp³-hybridized carbons (Fsp3) is 0.333. The maximum Gasteiger partial charge on any atom is 0.263 e. The Morgan fingerprint density at radius 1 is 1.22 bits per heavy atom. The van der Waals surface area contributed by atoms with E-state index in [2.05, 4.69) is 9.88 Å². The Balaban J connectivity index is 2.19. The average Bonchev–Trinajstić information content (AvgIpc) is 2.93. The summed E-state index contributed by atoms with van der Waals surface area (Å²) in [5, 5.41) is 3.59. The van der Waals surface area contributed by atoms with E-state index in [-0.39, 0.29) is 16.6 Å². The topological polar surface area (TPSA) is 92.5 Å². The monoisotopic (exact) mass is 337 g/mol. The van der Waals surface area contributed by atoms with Gasteiger partial charge in [-0.15, -0.1) is 0 Å². The van der Waals surface area contributed by atoms with Gasteiger partial charge in [-0.3, -0.25) is 9.52 Å². The van der Waals surface area contributed by atoms with Gasteiger partial charge in [-0.1, -0.05) is 5.16 Å². The average molecular weight is 337 g/mol. The predicted octanol–water partition coefficient (Wildman–Crippen LogP) is 2.27. The lowest BCUT2D eigenvalue weighted by Gasteiger charge is -2.18. The van der Waals surface area contributed by atoms with Crippen molar-refractivity contribution in [1.29, 1.82) is 0 Å². The van der Waals surface area contributed by atoms with E-state index in [1.165, 1.54) is 30.3 Å². The van der Waals surface area contributed by atoms with Crippen LogP contribution in [0.15, 0.2) is 39.8 Å². The summed E-state index contributed by atoms with van der Waals surface area (Å²) in [6, 6.07) is 7.28. The van der Waals surface area contributed by atoms with Crippen LogP contribution in [0.25, 0.3) is 0 Å². The van der Waals surface area contributed by atoms with Crippen LogP contribution in [0.4, 0.5) is 5.82 Å². The van der Waals surface area contributed by atoms with Crippen molar-refractivity contribution < 1.29 is 17.7 Å². The molecule has 1 aromatic heterocycles. The van der Waals surface area contributed by atoms with E-state index >= 15 is 0 Å². The molecule has 0 aliphatic rings. The number of anilines is 1. The Morgan fingerprint density at radius 2 is 1.83 bits per heavy atom. The number of nitrogens with one attached hydrogen (secondary N) is 1. The van der Waals surface area contributed by atoms with Gasteiger partial charge >= 0.3 is 0 Å². The molecule has 1 aromatic carbocycles. The summed E-state index contributed by atoms with van der Waals surface area (Å²) in [7, 11) is -3.77.